The molecule has 0 fully saturated rings. The quantitative estimate of drug-likeness (QED) is 0.870. The van der Waals surface area contributed by atoms with Crippen molar-refractivity contribution in [3.8, 4) is 5.75 Å². The molecule has 0 amide bonds. The van der Waals surface area contributed by atoms with Crippen molar-refractivity contribution >= 4 is 11.6 Å². The summed E-state index contributed by atoms with van der Waals surface area (Å²) in [6.45, 7) is 6.11. The molecule has 2 aromatic carbocycles. The molecule has 0 aliphatic rings. The Hall–Kier alpha value is -1.51. The van der Waals surface area contributed by atoms with Gasteiger partial charge < -0.3 is 10.5 Å². The third-order valence-electron chi connectivity index (χ3n) is 3.68. The van der Waals surface area contributed by atoms with Gasteiger partial charge in [0.05, 0.1) is 11.1 Å². The first-order chi connectivity index (χ1) is 10.0. The molecule has 0 saturated heterocycles. The topological polar surface area (TPSA) is 35.2 Å². The zero-order chi connectivity index (χ0) is 15.4. The van der Waals surface area contributed by atoms with Crippen molar-refractivity contribution in [1.82, 2.24) is 0 Å². The van der Waals surface area contributed by atoms with Gasteiger partial charge in [0.1, 0.15) is 11.9 Å². The van der Waals surface area contributed by atoms with E-state index in [4.69, 9.17) is 22.1 Å². The van der Waals surface area contributed by atoms with Crippen LogP contribution in [0.3, 0.4) is 0 Å². The van der Waals surface area contributed by atoms with E-state index in [0.717, 1.165) is 17.5 Å². The van der Waals surface area contributed by atoms with Crippen LogP contribution in [-0.4, -0.2) is 6.10 Å². The Morgan fingerprint density at radius 2 is 1.81 bits per heavy atom. The lowest BCUT2D eigenvalue weighted by Crippen LogP contribution is -2.28. The summed E-state index contributed by atoms with van der Waals surface area (Å²) in [5, 5.41) is 0.621. The normalized spacial score (nSPS) is 13.8. The Bertz CT molecular complexity index is 595. The molecular weight excluding hydrogens is 282 g/mol. The summed E-state index contributed by atoms with van der Waals surface area (Å²) < 4.78 is 5.92. The summed E-state index contributed by atoms with van der Waals surface area (Å²) in [4.78, 5) is 0. The second-order valence-electron chi connectivity index (χ2n) is 5.38. The van der Waals surface area contributed by atoms with Crippen molar-refractivity contribution in [3.05, 3.63) is 64.2 Å². The van der Waals surface area contributed by atoms with E-state index in [1.54, 1.807) is 0 Å². The molecule has 0 saturated carbocycles. The standard InChI is InChI=1S/C18H22ClNO/c1-4-14-6-8-15(9-7-14)18(20)13(3)21-17-10-5-12(2)11-16(17)19/h5-11,13,18H,4,20H2,1-3H3. The Labute approximate surface area is 131 Å². The number of nitrogens with two attached hydrogens (primary N) is 1. The maximum atomic E-state index is 6.29. The van der Waals surface area contributed by atoms with E-state index in [2.05, 4.69) is 31.2 Å². The second-order valence-corrected chi connectivity index (χ2v) is 5.78. The number of benzene rings is 2. The largest absolute Gasteiger partial charge is 0.487 e. The summed E-state index contributed by atoms with van der Waals surface area (Å²) in [6.07, 6.45) is 0.873. The van der Waals surface area contributed by atoms with E-state index < -0.39 is 0 Å². The van der Waals surface area contributed by atoms with Crippen LogP contribution < -0.4 is 10.5 Å². The van der Waals surface area contributed by atoms with E-state index >= 15 is 0 Å². The Balaban J connectivity index is 2.09. The Kier molecular flexibility index (Phi) is 5.27. The van der Waals surface area contributed by atoms with Crippen molar-refractivity contribution in [3.63, 3.8) is 0 Å². The van der Waals surface area contributed by atoms with Gasteiger partial charge in [-0.05, 0) is 49.1 Å². The van der Waals surface area contributed by atoms with Gasteiger partial charge in [-0.15, -0.1) is 0 Å². The molecule has 2 aromatic rings. The van der Waals surface area contributed by atoms with Crippen LogP contribution in [0.1, 0.15) is 36.6 Å². The van der Waals surface area contributed by atoms with Gasteiger partial charge in [-0.1, -0.05) is 48.9 Å². The first-order valence-electron chi connectivity index (χ1n) is 7.28. The van der Waals surface area contributed by atoms with E-state index in [1.807, 2.05) is 32.0 Å². The molecule has 0 bridgehead atoms. The molecule has 2 atom stereocenters. The van der Waals surface area contributed by atoms with Crippen LogP contribution in [0, 0.1) is 6.92 Å². The van der Waals surface area contributed by atoms with Gasteiger partial charge in [0.25, 0.3) is 0 Å². The predicted octanol–water partition coefficient (Wildman–Crippen LogP) is 4.68. The summed E-state index contributed by atoms with van der Waals surface area (Å²) in [6, 6.07) is 13.9. The lowest BCUT2D eigenvalue weighted by molar-refractivity contribution is 0.190. The van der Waals surface area contributed by atoms with Crippen LogP contribution in [0.15, 0.2) is 42.5 Å². The lowest BCUT2D eigenvalue weighted by Gasteiger charge is -2.22. The Morgan fingerprint density at radius 3 is 2.38 bits per heavy atom. The first-order valence-corrected chi connectivity index (χ1v) is 7.66. The van der Waals surface area contributed by atoms with Gasteiger partial charge in [0.2, 0.25) is 0 Å². The maximum absolute atomic E-state index is 6.29. The average molecular weight is 304 g/mol. The monoisotopic (exact) mass is 303 g/mol. The highest BCUT2D eigenvalue weighted by Gasteiger charge is 2.17. The van der Waals surface area contributed by atoms with Gasteiger partial charge in [0, 0.05) is 0 Å². The van der Waals surface area contributed by atoms with E-state index in [9.17, 15) is 0 Å². The molecule has 2 unspecified atom stereocenters. The van der Waals surface area contributed by atoms with Crippen molar-refractivity contribution in [2.45, 2.75) is 39.3 Å². The molecule has 0 heterocycles. The fraction of sp³-hybridized carbons (Fsp3) is 0.333. The number of rotatable bonds is 5. The van der Waals surface area contributed by atoms with Crippen LogP contribution in [0.25, 0.3) is 0 Å². The highest BCUT2D eigenvalue weighted by molar-refractivity contribution is 6.32. The molecule has 0 aliphatic heterocycles. The zero-order valence-corrected chi connectivity index (χ0v) is 13.5. The molecule has 2 rings (SSSR count). The van der Waals surface area contributed by atoms with Crippen molar-refractivity contribution in [2.24, 2.45) is 5.73 Å². The van der Waals surface area contributed by atoms with Gasteiger partial charge in [-0.2, -0.15) is 0 Å². The SMILES string of the molecule is CCc1ccc(C(N)C(C)Oc2ccc(C)cc2Cl)cc1. The molecule has 112 valence electrons. The molecule has 0 aromatic heterocycles. The van der Waals surface area contributed by atoms with Crippen LogP contribution in [-0.2, 0) is 6.42 Å². The van der Waals surface area contributed by atoms with Crippen LogP contribution in [0.4, 0.5) is 0 Å². The number of hydrogen-bond donors (Lipinski definition) is 1. The lowest BCUT2D eigenvalue weighted by atomic mass is 10.0. The smallest absolute Gasteiger partial charge is 0.138 e. The number of ether oxygens (including phenoxy) is 1. The number of halogens is 1. The summed E-state index contributed by atoms with van der Waals surface area (Å²) >= 11 is 6.20. The molecule has 2 nitrogen and oxygen atoms in total. The number of hydrogen-bond acceptors (Lipinski definition) is 2. The second kappa shape index (κ2) is 6.97. The zero-order valence-electron chi connectivity index (χ0n) is 12.8. The predicted molar refractivity (Wildman–Crippen MR) is 89.0 cm³/mol. The van der Waals surface area contributed by atoms with Crippen molar-refractivity contribution < 1.29 is 4.74 Å². The molecule has 3 heteroatoms. The molecule has 2 N–H and O–H groups in total. The fourth-order valence-electron chi connectivity index (χ4n) is 2.22. The van der Waals surface area contributed by atoms with Gasteiger partial charge in [0.15, 0.2) is 0 Å². The maximum Gasteiger partial charge on any atom is 0.138 e. The third kappa shape index (κ3) is 3.99. The molecular formula is C18H22ClNO. The van der Waals surface area contributed by atoms with Crippen LogP contribution in [0.2, 0.25) is 5.02 Å². The molecule has 0 radical (unpaired) electrons. The first kappa shape index (κ1) is 15.9. The summed E-state index contributed by atoms with van der Waals surface area (Å²) in [5.41, 5.74) is 9.78. The molecule has 0 spiro atoms. The minimum atomic E-state index is -0.187. The van der Waals surface area contributed by atoms with Gasteiger partial charge >= 0.3 is 0 Å². The highest BCUT2D eigenvalue weighted by atomic mass is 35.5. The molecule has 21 heavy (non-hydrogen) atoms. The summed E-state index contributed by atoms with van der Waals surface area (Å²) in [7, 11) is 0. The molecule has 0 aliphatic carbocycles. The average Bonchev–Trinajstić information content (AvgIpc) is 2.49. The van der Waals surface area contributed by atoms with E-state index in [1.165, 1.54) is 5.56 Å². The third-order valence-corrected chi connectivity index (χ3v) is 3.97. The van der Waals surface area contributed by atoms with Gasteiger partial charge in [-0.25, -0.2) is 0 Å². The Morgan fingerprint density at radius 1 is 1.14 bits per heavy atom. The minimum absolute atomic E-state index is 0.155. The van der Waals surface area contributed by atoms with Crippen molar-refractivity contribution in [2.75, 3.05) is 0 Å². The highest BCUT2D eigenvalue weighted by Crippen LogP contribution is 2.28. The van der Waals surface area contributed by atoms with E-state index in [-0.39, 0.29) is 12.1 Å². The van der Waals surface area contributed by atoms with Gasteiger partial charge in [-0.3, -0.25) is 0 Å². The number of aryl methyl sites for hydroxylation is 2. The van der Waals surface area contributed by atoms with Crippen LogP contribution in [0.5, 0.6) is 5.75 Å². The van der Waals surface area contributed by atoms with Crippen LogP contribution >= 0.6 is 11.6 Å². The minimum Gasteiger partial charge on any atom is -0.487 e. The van der Waals surface area contributed by atoms with Crippen molar-refractivity contribution in [1.29, 1.82) is 0 Å². The summed E-state index contributed by atoms with van der Waals surface area (Å²) in [5.74, 6) is 0.676. The fourth-order valence-corrected chi connectivity index (χ4v) is 2.50. The van der Waals surface area contributed by atoms with E-state index in [0.29, 0.717) is 10.8 Å².